The van der Waals surface area contributed by atoms with Gasteiger partial charge in [0.05, 0.1) is 12.7 Å². The second-order valence-electron chi connectivity index (χ2n) is 4.56. The molecule has 0 aliphatic heterocycles. The minimum Gasteiger partial charge on any atom is -0.497 e. The van der Waals surface area contributed by atoms with E-state index in [9.17, 15) is 13.6 Å². The number of methoxy groups -OCH3 is 1. The number of hydrogen-bond donors (Lipinski definition) is 0. The van der Waals surface area contributed by atoms with Crippen molar-refractivity contribution < 1.29 is 18.3 Å². The van der Waals surface area contributed by atoms with Crippen molar-refractivity contribution in [2.45, 2.75) is 13.8 Å². The van der Waals surface area contributed by atoms with Crippen LogP contribution in [-0.4, -0.2) is 12.9 Å². The molecule has 2 aromatic carbocycles. The summed E-state index contributed by atoms with van der Waals surface area (Å²) < 4.78 is 32.8. The minimum absolute atomic E-state index is 0.237. The van der Waals surface area contributed by atoms with Crippen LogP contribution in [0, 0.1) is 25.5 Å². The molecule has 0 N–H and O–H groups in total. The second-order valence-corrected chi connectivity index (χ2v) is 4.56. The molecule has 0 saturated carbocycles. The Morgan fingerprint density at radius 3 is 2.35 bits per heavy atom. The largest absolute Gasteiger partial charge is 0.497 e. The molecule has 20 heavy (non-hydrogen) atoms. The lowest BCUT2D eigenvalue weighted by atomic mass is 9.97. The van der Waals surface area contributed by atoms with Crippen molar-refractivity contribution in [2.75, 3.05) is 7.11 Å². The monoisotopic (exact) mass is 276 g/mol. The van der Waals surface area contributed by atoms with Crippen LogP contribution in [0.1, 0.15) is 27.0 Å². The Kier molecular flexibility index (Phi) is 3.84. The van der Waals surface area contributed by atoms with Gasteiger partial charge in [-0.1, -0.05) is 6.07 Å². The number of carbonyl (C=O) groups excluding carboxylic acids is 1. The number of ketones is 1. The highest BCUT2D eigenvalue weighted by Gasteiger charge is 2.21. The minimum atomic E-state index is -0.853. The molecule has 0 atom stereocenters. The summed E-state index contributed by atoms with van der Waals surface area (Å²) >= 11 is 0. The molecule has 0 saturated heterocycles. The first-order chi connectivity index (χ1) is 9.45. The predicted octanol–water partition coefficient (Wildman–Crippen LogP) is 3.82. The van der Waals surface area contributed by atoms with E-state index in [4.69, 9.17) is 4.74 Å². The highest BCUT2D eigenvalue weighted by atomic mass is 19.1. The Balaban J connectivity index is 2.55. The number of carbonyl (C=O) groups is 1. The maximum Gasteiger partial charge on any atom is 0.199 e. The summed E-state index contributed by atoms with van der Waals surface area (Å²) in [6, 6.07) is 7.16. The Labute approximate surface area is 116 Å². The van der Waals surface area contributed by atoms with E-state index in [2.05, 4.69) is 0 Å². The predicted molar refractivity (Wildman–Crippen MR) is 72.3 cm³/mol. The average molecular weight is 276 g/mol. The Morgan fingerprint density at radius 1 is 1.05 bits per heavy atom. The summed E-state index contributed by atoms with van der Waals surface area (Å²) in [6.45, 7) is 3.19. The fourth-order valence-corrected chi connectivity index (χ4v) is 2.02. The topological polar surface area (TPSA) is 26.3 Å². The molecule has 2 rings (SSSR count). The fraction of sp³-hybridized carbons (Fsp3) is 0.188. The summed E-state index contributed by atoms with van der Waals surface area (Å²) in [5.41, 5.74) is 0.586. The zero-order chi connectivity index (χ0) is 14.9. The van der Waals surface area contributed by atoms with Gasteiger partial charge in [0.15, 0.2) is 5.78 Å². The molecule has 0 amide bonds. The number of aryl methyl sites for hydroxylation is 2. The lowest BCUT2D eigenvalue weighted by Crippen LogP contribution is -2.10. The molecule has 0 aromatic heterocycles. The lowest BCUT2D eigenvalue weighted by Gasteiger charge is -2.10. The number of rotatable bonds is 3. The summed E-state index contributed by atoms with van der Waals surface area (Å²) in [4.78, 5) is 12.3. The van der Waals surface area contributed by atoms with Gasteiger partial charge in [0.25, 0.3) is 0 Å². The van der Waals surface area contributed by atoms with Gasteiger partial charge in [0, 0.05) is 5.56 Å². The normalized spacial score (nSPS) is 10.4. The molecule has 0 radical (unpaired) electrons. The molecule has 0 aliphatic carbocycles. The molecule has 2 nitrogen and oxygen atoms in total. The van der Waals surface area contributed by atoms with Crippen LogP contribution >= 0.6 is 0 Å². The van der Waals surface area contributed by atoms with Crippen LogP contribution in [0.25, 0.3) is 0 Å². The van der Waals surface area contributed by atoms with Crippen LogP contribution < -0.4 is 4.74 Å². The van der Waals surface area contributed by atoms with Crippen molar-refractivity contribution in [3.8, 4) is 5.75 Å². The van der Waals surface area contributed by atoms with Gasteiger partial charge in [-0.05, 0) is 49.2 Å². The third-order valence-corrected chi connectivity index (χ3v) is 3.19. The first kappa shape index (κ1) is 14.2. The number of halogens is 2. The summed E-state index contributed by atoms with van der Waals surface area (Å²) in [7, 11) is 1.51. The van der Waals surface area contributed by atoms with Crippen LogP contribution in [0.15, 0.2) is 30.3 Å². The highest BCUT2D eigenvalue weighted by molar-refractivity contribution is 6.10. The van der Waals surface area contributed by atoms with Crippen LogP contribution in [0.4, 0.5) is 8.78 Å². The molecule has 104 valence electrons. The molecule has 0 bridgehead atoms. The molecule has 0 heterocycles. The molecular weight excluding hydrogens is 262 g/mol. The average Bonchev–Trinajstić information content (AvgIpc) is 2.43. The van der Waals surface area contributed by atoms with E-state index in [0.717, 1.165) is 6.07 Å². The second kappa shape index (κ2) is 5.41. The van der Waals surface area contributed by atoms with Crippen molar-refractivity contribution in [1.29, 1.82) is 0 Å². The van der Waals surface area contributed by atoms with Crippen molar-refractivity contribution in [1.82, 2.24) is 0 Å². The molecular formula is C16H14F2O2. The highest BCUT2D eigenvalue weighted by Crippen LogP contribution is 2.24. The van der Waals surface area contributed by atoms with Crippen molar-refractivity contribution >= 4 is 5.78 Å². The van der Waals surface area contributed by atoms with E-state index >= 15 is 0 Å². The first-order valence-corrected chi connectivity index (χ1v) is 6.09. The third-order valence-electron chi connectivity index (χ3n) is 3.19. The molecule has 0 spiro atoms. The van der Waals surface area contributed by atoms with Gasteiger partial charge in [-0.2, -0.15) is 0 Å². The molecule has 0 fully saturated rings. The van der Waals surface area contributed by atoms with Crippen molar-refractivity contribution in [3.05, 3.63) is 64.2 Å². The summed E-state index contributed by atoms with van der Waals surface area (Å²) in [5, 5.41) is 0. The smallest absolute Gasteiger partial charge is 0.199 e. The van der Waals surface area contributed by atoms with Crippen LogP contribution in [0.2, 0.25) is 0 Å². The maximum absolute atomic E-state index is 14.0. The molecule has 2 aromatic rings. The lowest BCUT2D eigenvalue weighted by molar-refractivity contribution is 0.103. The number of benzene rings is 2. The Bertz CT molecular complexity index is 678. The molecule has 0 unspecified atom stereocenters. The SMILES string of the molecule is COc1ccc(C(=O)c2c(F)ccc(C)c2F)c(C)c1. The van der Waals surface area contributed by atoms with E-state index in [1.807, 2.05) is 0 Å². The van der Waals surface area contributed by atoms with Gasteiger partial charge >= 0.3 is 0 Å². The zero-order valence-corrected chi connectivity index (χ0v) is 11.5. The van der Waals surface area contributed by atoms with Crippen LogP contribution in [-0.2, 0) is 0 Å². The van der Waals surface area contributed by atoms with Gasteiger partial charge in [-0.25, -0.2) is 8.78 Å². The van der Waals surface area contributed by atoms with Gasteiger partial charge in [0.2, 0.25) is 0 Å². The van der Waals surface area contributed by atoms with E-state index in [0.29, 0.717) is 11.3 Å². The van der Waals surface area contributed by atoms with Gasteiger partial charge < -0.3 is 4.74 Å². The quantitative estimate of drug-likeness (QED) is 0.797. The first-order valence-electron chi connectivity index (χ1n) is 6.09. The van der Waals surface area contributed by atoms with Gasteiger partial charge in [0.1, 0.15) is 17.4 Å². The standard InChI is InChI=1S/C16H14F2O2/c1-9-4-7-13(17)14(15(9)18)16(19)12-6-5-11(20-3)8-10(12)2/h4-8H,1-3H3. The Morgan fingerprint density at radius 2 is 1.75 bits per heavy atom. The summed E-state index contributed by atoms with van der Waals surface area (Å²) in [5.74, 6) is -1.74. The van der Waals surface area contributed by atoms with Gasteiger partial charge in [-0.3, -0.25) is 4.79 Å². The van der Waals surface area contributed by atoms with Crippen LogP contribution in [0.5, 0.6) is 5.75 Å². The van der Waals surface area contributed by atoms with Crippen molar-refractivity contribution in [3.63, 3.8) is 0 Å². The van der Waals surface area contributed by atoms with Crippen molar-refractivity contribution in [2.24, 2.45) is 0 Å². The van der Waals surface area contributed by atoms with E-state index in [1.54, 1.807) is 19.1 Å². The maximum atomic E-state index is 14.0. The number of ether oxygens (including phenoxy) is 1. The van der Waals surface area contributed by atoms with E-state index < -0.39 is 23.0 Å². The zero-order valence-electron chi connectivity index (χ0n) is 11.5. The van der Waals surface area contributed by atoms with E-state index in [-0.39, 0.29) is 11.1 Å². The van der Waals surface area contributed by atoms with Crippen LogP contribution in [0.3, 0.4) is 0 Å². The van der Waals surface area contributed by atoms with Gasteiger partial charge in [-0.15, -0.1) is 0 Å². The molecule has 4 heteroatoms. The third kappa shape index (κ3) is 2.41. The Hall–Kier alpha value is -2.23. The number of hydrogen-bond acceptors (Lipinski definition) is 2. The summed E-state index contributed by atoms with van der Waals surface area (Å²) in [6.07, 6.45) is 0. The fourth-order valence-electron chi connectivity index (χ4n) is 2.02. The van der Waals surface area contributed by atoms with E-state index in [1.165, 1.54) is 26.2 Å². The molecule has 0 aliphatic rings.